The van der Waals surface area contributed by atoms with E-state index in [9.17, 15) is 9.59 Å². The summed E-state index contributed by atoms with van der Waals surface area (Å²) in [7, 11) is 0. The number of pyridine rings is 1. The number of furan rings is 1. The van der Waals surface area contributed by atoms with Crippen LogP contribution in [0.15, 0.2) is 50.2 Å². The number of hydrogen-bond donors (Lipinski definition) is 2. The van der Waals surface area contributed by atoms with E-state index in [0.717, 1.165) is 82.5 Å². The number of aromatic amines is 1. The number of hydrogen-bond acceptors (Lipinski definition) is 8. The molecule has 0 radical (unpaired) electrons. The van der Waals surface area contributed by atoms with Crippen LogP contribution in [0.25, 0.3) is 22.1 Å². The van der Waals surface area contributed by atoms with Gasteiger partial charge >= 0.3 is 0 Å². The Labute approximate surface area is 290 Å². The Hall–Kier alpha value is -3.77. The molecule has 260 valence electrons. The Balaban J connectivity index is 0.000000986. The van der Waals surface area contributed by atoms with Crippen molar-refractivity contribution in [3.63, 3.8) is 0 Å². The van der Waals surface area contributed by atoms with E-state index in [1.165, 1.54) is 0 Å². The third kappa shape index (κ3) is 8.26. The SMILES string of the molecule is CC.CC(COCCCc1nc(N2CCCC2)c2oc3ccccc3c2n1)C(=O)N1CCC(C)(c2cc(Br)c[nH]c2=O)C(C)C1.O=CO. The number of nitrogens with zero attached hydrogens (tertiary/aromatic N) is 4. The average molecular weight is 727 g/mol. The van der Waals surface area contributed by atoms with Crippen LogP contribution < -0.4 is 10.5 Å². The highest BCUT2D eigenvalue weighted by atomic mass is 79.9. The van der Waals surface area contributed by atoms with Crippen LogP contribution >= 0.6 is 15.9 Å². The summed E-state index contributed by atoms with van der Waals surface area (Å²) in [4.78, 5) is 51.2. The summed E-state index contributed by atoms with van der Waals surface area (Å²) in [5.41, 5.74) is 2.89. The van der Waals surface area contributed by atoms with Crippen molar-refractivity contribution in [2.45, 2.75) is 72.1 Å². The summed E-state index contributed by atoms with van der Waals surface area (Å²) in [5.74, 6) is 1.70. The number of halogens is 1. The van der Waals surface area contributed by atoms with Gasteiger partial charge in [0.25, 0.3) is 12.0 Å². The van der Waals surface area contributed by atoms with Crippen LogP contribution in [-0.2, 0) is 26.2 Å². The summed E-state index contributed by atoms with van der Waals surface area (Å²) in [6.07, 6.45) is 6.18. The first-order chi connectivity index (χ1) is 23.2. The molecule has 48 heavy (non-hydrogen) atoms. The fourth-order valence-corrected chi connectivity index (χ4v) is 6.91. The number of anilines is 1. The van der Waals surface area contributed by atoms with E-state index in [2.05, 4.69) is 45.7 Å². The largest absolute Gasteiger partial charge is 0.483 e. The molecule has 2 fully saturated rings. The smallest absolute Gasteiger partial charge is 0.290 e. The number of likely N-dealkylation sites (tertiary alicyclic amines) is 1. The molecule has 4 aromatic rings. The molecule has 0 bridgehead atoms. The summed E-state index contributed by atoms with van der Waals surface area (Å²) < 4.78 is 13.0. The molecular formula is C36H48BrN5O6. The van der Waals surface area contributed by atoms with Crippen molar-refractivity contribution in [2.75, 3.05) is 44.3 Å². The molecule has 11 nitrogen and oxygen atoms in total. The number of benzene rings is 1. The second kappa shape index (κ2) is 17.1. The summed E-state index contributed by atoms with van der Waals surface area (Å²) in [6, 6.07) is 9.94. The monoisotopic (exact) mass is 725 g/mol. The molecule has 1 aromatic carbocycles. The fraction of sp³-hybridized carbons (Fsp3) is 0.528. The van der Waals surface area contributed by atoms with E-state index in [0.29, 0.717) is 32.7 Å². The molecule has 2 aliphatic rings. The Morgan fingerprint density at radius 2 is 1.94 bits per heavy atom. The van der Waals surface area contributed by atoms with Gasteiger partial charge in [0.1, 0.15) is 16.9 Å². The number of carbonyl (C=O) groups is 2. The number of piperidine rings is 1. The van der Waals surface area contributed by atoms with Crippen molar-refractivity contribution in [1.82, 2.24) is 19.9 Å². The van der Waals surface area contributed by atoms with Crippen molar-refractivity contribution in [1.29, 1.82) is 0 Å². The second-order valence-electron chi connectivity index (χ2n) is 12.5. The number of nitrogens with one attached hydrogen (secondary N) is 1. The van der Waals surface area contributed by atoms with Crippen molar-refractivity contribution in [3.05, 3.63) is 62.7 Å². The highest BCUT2D eigenvalue weighted by Crippen LogP contribution is 2.39. The molecule has 2 aliphatic heterocycles. The molecule has 3 aromatic heterocycles. The maximum atomic E-state index is 13.3. The molecule has 3 unspecified atom stereocenters. The van der Waals surface area contributed by atoms with Crippen LogP contribution in [0.5, 0.6) is 0 Å². The summed E-state index contributed by atoms with van der Waals surface area (Å²) in [6.45, 7) is 14.1. The van der Waals surface area contributed by atoms with Crippen LogP contribution in [0, 0.1) is 11.8 Å². The highest BCUT2D eigenvalue weighted by Gasteiger charge is 2.41. The first-order valence-electron chi connectivity index (χ1n) is 16.9. The number of fused-ring (bicyclic) bond motifs is 3. The number of H-pyrrole nitrogens is 1. The minimum absolute atomic E-state index is 0.0604. The van der Waals surface area contributed by atoms with Gasteiger partial charge in [0.15, 0.2) is 11.4 Å². The van der Waals surface area contributed by atoms with Crippen LogP contribution in [0.4, 0.5) is 5.82 Å². The zero-order valence-corrected chi connectivity index (χ0v) is 30.2. The lowest BCUT2D eigenvalue weighted by molar-refractivity contribution is -0.139. The molecule has 0 spiro atoms. The molecule has 2 saturated heterocycles. The molecule has 0 aliphatic carbocycles. The standard InChI is InChI=1S/C33H40BrN5O4.C2H6.CH2O2/c1-21(32(41)39-15-12-33(3,22(2)19-39)25-17-23(34)18-35-31(25)40)20-42-16-8-11-27-36-28-24-9-4-5-10-26(24)43-29(28)30(37-27)38-13-6-7-14-38;1-2;2-1-3/h4-5,9-10,17-18,21-22H,6-8,11-16,19-20H2,1-3H3,(H,35,40);1-2H3;1H,(H,2,3). The number of carboxylic acid groups (broad SMARTS) is 1. The third-order valence-electron chi connectivity index (χ3n) is 9.41. The van der Waals surface area contributed by atoms with Crippen molar-refractivity contribution < 1.29 is 23.8 Å². The fourth-order valence-electron chi connectivity index (χ4n) is 6.57. The zero-order valence-electron chi connectivity index (χ0n) is 28.6. The van der Waals surface area contributed by atoms with Crippen molar-refractivity contribution in [3.8, 4) is 0 Å². The van der Waals surface area contributed by atoms with Gasteiger partial charge in [-0.3, -0.25) is 14.4 Å². The van der Waals surface area contributed by atoms with Crippen LogP contribution in [0.3, 0.4) is 0 Å². The lowest BCUT2D eigenvalue weighted by Crippen LogP contribution is -2.52. The molecule has 12 heteroatoms. The van der Waals surface area contributed by atoms with Gasteiger partial charge in [-0.15, -0.1) is 0 Å². The van der Waals surface area contributed by atoms with E-state index >= 15 is 0 Å². The summed E-state index contributed by atoms with van der Waals surface area (Å²) in [5, 5.41) is 7.90. The van der Waals surface area contributed by atoms with Crippen LogP contribution in [0.2, 0.25) is 0 Å². The third-order valence-corrected chi connectivity index (χ3v) is 9.87. The maximum Gasteiger partial charge on any atom is 0.290 e. The molecule has 2 N–H and O–H groups in total. The van der Waals surface area contributed by atoms with E-state index in [1.54, 1.807) is 6.20 Å². The van der Waals surface area contributed by atoms with Crippen molar-refractivity contribution >= 4 is 56.2 Å². The maximum absolute atomic E-state index is 13.3. The predicted octanol–water partition coefficient (Wildman–Crippen LogP) is 6.57. The Morgan fingerprint density at radius 1 is 1.23 bits per heavy atom. The number of rotatable bonds is 9. The van der Waals surface area contributed by atoms with Gasteiger partial charge < -0.3 is 29.0 Å². The number of carbonyl (C=O) groups excluding carboxylic acids is 1. The van der Waals surface area contributed by atoms with Crippen molar-refractivity contribution in [2.24, 2.45) is 11.8 Å². The normalized spacial score (nSPS) is 19.8. The van der Waals surface area contributed by atoms with Gasteiger partial charge in [0.05, 0.1) is 12.5 Å². The number of aryl methyl sites for hydroxylation is 1. The Bertz CT molecular complexity index is 1740. The molecule has 0 saturated carbocycles. The molecule has 3 atom stereocenters. The molecule has 1 amide bonds. The number of ether oxygens (including phenoxy) is 1. The van der Waals surface area contributed by atoms with Gasteiger partial charge in [0, 0.05) is 66.2 Å². The van der Waals surface area contributed by atoms with E-state index in [4.69, 9.17) is 29.0 Å². The minimum atomic E-state index is -0.295. The first-order valence-corrected chi connectivity index (χ1v) is 17.7. The second-order valence-corrected chi connectivity index (χ2v) is 13.4. The predicted molar refractivity (Wildman–Crippen MR) is 192 cm³/mol. The van der Waals surface area contributed by atoms with Crippen LogP contribution in [-0.4, -0.2) is 76.7 Å². The lowest BCUT2D eigenvalue weighted by Gasteiger charge is -2.45. The highest BCUT2D eigenvalue weighted by molar-refractivity contribution is 9.10. The lowest BCUT2D eigenvalue weighted by atomic mass is 9.68. The first kappa shape index (κ1) is 37.1. The number of para-hydroxylation sites is 1. The van der Waals surface area contributed by atoms with E-state index < -0.39 is 0 Å². The van der Waals surface area contributed by atoms with Gasteiger partial charge in [0.2, 0.25) is 5.91 Å². The molecular weight excluding hydrogens is 678 g/mol. The average Bonchev–Trinajstić information content (AvgIpc) is 3.76. The Morgan fingerprint density at radius 3 is 2.65 bits per heavy atom. The van der Waals surface area contributed by atoms with Gasteiger partial charge in [-0.25, -0.2) is 9.97 Å². The van der Waals surface area contributed by atoms with Gasteiger partial charge in [-0.2, -0.15) is 0 Å². The van der Waals surface area contributed by atoms with Gasteiger partial charge in [-0.05, 0) is 65.7 Å². The molecule has 6 rings (SSSR count). The summed E-state index contributed by atoms with van der Waals surface area (Å²) >= 11 is 3.48. The minimum Gasteiger partial charge on any atom is -0.483 e. The van der Waals surface area contributed by atoms with E-state index in [1.807, 2.05) is 49.9 Å². The zero-order chi connectivity index (χ0) is 34.8. The quantitative estimate of drug-likeness (QED) is 0.145. The van der Waals surface area contributed by atoms with Gasteiger partial charge in [-0.1, -0.05) is 46.8 Å². The number of amides is 1. The van der Waals surface area contributed by atoms with E-state index in [-0.39, 0.29) is 35.2 Å². The van der Waals surface area contributed by atoms with Crippen LogP contribution in [0.1, 0.15) is 71.7 Å². The molecule has 5 heterocycles. The topological polar surface area (TPSA) is 142 Å². The Kier molecular flexibility index (Phi) is 13.2. The number of aromatic nitrogens is 3.